The molecule has 1 heterocycles. The van der Waals surface area contributed by atoms with E-state index >= 15 is 0 Å². The van der Waals surface area contributed by atoms with Crippen molar-refractivity contribution in [1.29, 1.82) is 0 Å². The SMILES string of the molecule is CCCCN(C)C(=O)Cn1c(CNC(=O)c2ccc(Cl)cc2)nc2ccccc21. The zero-order chi connectivity index (χ0) is 20.8. The number of hydrogen-bond donors (Lipinski definition) is 1. The first-order chi connectivity index (χ1) is 14.0. The van der Waals surface area contributed by atoms with Gasteiger partial charge in [-0.05, 0) is 42.8 Å². The molecule has 1 aromatic heterocycles. The summed E-state index contributed by atoms with van der Waals surface area (Å²) >= 11 is 5.88. The molecule has 152 valence electrons. The Labute approximate surface area is 175 Å². The number of benzene rings is 2. The van der Waals surface area contributed by atoms with Crippen LogP contribution < -0.4 is 5.32 Å². The molecular weight excluding hydrogens is 388 g/mol. The molecule has 0 aliphatic carbocycles. The third kappa shape index (κ3) is 5.15. The summed E-state index contributed by atoms with van der Waals surface area (Å²) < 4.78 is 1.88. The quantitative estimate of drug-likeness (QED) is 0.610. The van der Waals surface area contributed by atoms with E-state index < -0.39 is 0 Å². The van der Waals surface area contributed by atoms with Crippen LogP contribution in [0, 0.1) is 0 Å². The van der Waals surface area contributed by atoms with E-state index in [9.17, 15) is 9.59 Å². The molecule has 0 atom stereocenters. The van der Waals surface area contributed by atoms with Gasteiger partial charge >= 0.3 is 0 Å². The predicted molar refractivity (Wildman–Crippen MR) is 115 cm³/mol. The smallest absolute Gasteiger partial charge is 0.251 e. The van der Waals surface area contributed by atoms with Crippen LogP contribution in [0.3, 0.4) is 0 Å². The van der Waals surface area contributed by atoms with Gasteiger partial charge in [0.25, 0.3) is 5.91 Å². The number of nitrogens with one attached hydrogen (secondary N) is 1. The summed E-state index contributed by atoms with van der Waals surface area (Å²) in [5.74, 6) is 0.448. The highest BCUT2D eigenvalue weighted by atomic mass is 35.5. The molecule has 0 aliphatic rings. The fourth-order valence-electron chi connectivity index (χ4n) is 3.08. The van der Waals surface area contributed by atoms with Gasteiger partial charge in [0, 0.05) is 24.2 Å². The molecular formula is C22H25ClN4O2. The number of hydrogen-bond acceptors (Lipinski definition) is 3. The van der Waals surface area contributed by atoms with Crippen molar-refractivity contribution in [2.24, 2.45) is 0 Å². The number of aromatic nitrogens is 2. The van der Waals surface area contributed by atoms with Crippen LogP contribution in [0.1, 0.15) is 35.9 Å². The van der Waals surface area contributed by atoms with Gasteiger partial charge in [-0.2, -0.15) is 0 Å². The van der Waals surface area contributed by atoms with Gasteiger partial charge in [0.1, 0.15) is 12.4 Å². The zero-order valence-corrected chi connectivity index (χ0v) is 17.4. The van der Waals surface area contributed by atoms with Gasteiger partial charge < -0.3 is 14.8 Å². The minimum atomic E-state index is -0.216. The Bertz CT molecular complexity index is 998. The molecule has 7 heteroatoms. The molecule has 3 rings (SSSR count). The molecule has 0 radical (unpaired) electrons. The van der Waals surface area contributed by atoms with Gasteiger partial charge in [0.05, 0.1) is 17.6 Å². The van der Waals surface area contributed by atoms with E-state index in [1.807, 2.05) is 35.9 Å². The molecule has 0 saturated carbocycles. The Morgan fingerprint density at radius 2 is 1.86 bits per heavy atom. The van der Waals surface area contributed by atoms with Gasteiger partial charge in [0.15, 0.2) is 0 Å². The van der Waals surface area contributed by atoms with Gasteiger partial charge in [-0.3, -0.25) is 9.59 Å². The Kier molecular flexibility index (Phi) is 6.88. The van der Waals surface area contributed by atoms with Crippen molar-refractivity contribution < 1.29 is 9.59 Å². The van der Waals surface area contributed by atoms with E-state index in [4.69, 9.17) is 11.6 Å². The van der Waals surface area contributed by atoms with Crippen LogP contribution in [-0.4, -0.2) is 39.9 Å². The first kappa shape index (κ1) is 20.9. The number of halogens is 1. The second-order valence-electron chi connectivity index (χ2n) is 6.96. The normalized spacial score (nSPS) is 10.9. The largest absolute Gasteiger partial charge is 0.345 e. The van der Waals surface area contributed by atoms with Crippen LogP contribution in [0.4, 0.5) is 0 Å². The Balaban J connectivity index is 1.78. The molecule has 2 aromatic carbocycles. The maximum absolute atomic E-state index is 12.7. The molecule has 0 bridgehead atoms. The van der Waals surface area contributed by atoms with Crippen LogP contribution in [0.5, 0.6) is 0 Å². The fourth-order valence-corrected chi connectivity index (χ4v) is 3.20. The number of unbranched alkanes of at least 4 members (excludes halogenated alkanes) is 1. The number of rotatable bonds is 8. The lowest BCUT2D eigenvalue weighted by molar-refractivity contribution is -0.130. The van der Waals surface area contributed by atoms with E-state index in [1.54, 1.807) is 29.2 Å². The highest BCUT2D eigenvalue weighted by Gasteiger charge is 2.17. The lowest BCUT2D eigenvalue weighted by Gasteiger charge is -2.18. The molecule has 1 N–H and O–H groups in total. The number of likely N-dealkylation sites (N-methyl/N-ethyl adjacent to an activating group) is 1. The van der Waals surface area contributed by atoms with Crippen LogP contribution in [0.2, 0.25) is 5.02 Å². The van der Waals surface area contributed by atoms with Crippen molar-refractivity contribution >= 4 is 34.4 Å². The van der Waals surface area contributed by atoms with E-state index in [0.717, 1.165) is 30.4 Å². The standard InChI is InChI=1S/C22H25ClN4O2/c1-3-4-13-26(2)21(28)15-27-19-8-6-5-7-18(19)25-20(27)14-24-22(29)16-9-11-17(23)12-10-16/h5-12H,3-4,13-15H2,1-2H3,(H,24,29). The van der Waals surface area contributed by atoms with Crippen molar-refractivity contribution in [2.75, 3.05) is 13.6 Å². The lowest BCUT2D eigenvalue weighted by Crippen LogP contribution is -2.32. The van der Waals surface area contributed by atoms with Crippen molar-refractivity contribution in [2.45, 2.75) is 32.9 Å². The Hall–Kier alpha value is -2.86. The topological polar surface area (TPSA) is 67.2 Å². The second kappa shape index (κ2) is 9.56. The summed E-state index contributed by atoms with van der Waals surface area (Å²) in [6.07, 6.45) is 2.00. The first-order valence-corrected chi connectivity index (χ1v) is 10.1. The van der Waals surface area contributed by atoms with Crippen LogP contribution >= 0.6 is 11.6 Å². The first-order valence-electron chi connectivity index (χ1n) is 9.71. The minimum absolute atomic E-state index is 0.0203. The monoisotopic (exact) mass is 412 g/mol. The summed E-state index contributed by atoms with van der Waals surface area (Å²) in [6.45, 7) is 3.24. The van der Waals surface area contributed by atoms with Crippen molar-refractivity contribution in [3.05, 3.63) is 64.9 Å². The molecule has 6 nitrogen and oxygen atoms in total. The molecule has 0 spiro atoms. The number of imidazole rings is 1. The van der Waals surface area contributed by atoms with Crippen LogP contribution in [0.15, 0.2) is 48.5 Å². The molecule has 0 fully saturated rings. The predicted octanol–water partition coefficient (Wildman–Crippen LogP) is 3.88. The molecule has 0 unspecified atom stereocenters. The maximum Gasteiger partial charge on any atom is 0.251 e. The average Bonchev–Trinajstić information content (AvgIpc) is 3.08. The second-order valence-corrected chi connectivity index (χ2v) is 7.40. The maximum atomic E-state index is 12.7. The number of fused-ring (bicyclic) bond motifs is 1. The van der Waals surface area contributed by atoms with E-state index in [2.05, 4.69) is 17.2 Å². The minimum Gasteiger partial charge on any atom is -0.345 e. The fraction of sp³-hybridized carbons (Fsp3) is 0.318. The summed E-state index contributed by atoms with van der Waals surface area (Å²) in [6, 6.07) is 14.4. The molecule has 2 amide bonds. The number of carbonyl (C=O) groups is 2. The van der Waals surface area contributed by atoms with E-state index in [-0.39, 0.29) is 24.9 Å². The summed E-state index contributed by atoms with van der Waals surface area (Å²) in [4.78, 5) is 31.5. The summed E-state index contributed by atoms with van der Waals surface area (Å²) in [5.41, 5.74) is 2.19. The number of carbonyl (C=O) groups excluding carboxylic acids is 2. The Morgan fingerprint density at radius 1 is 1.14 bits per heavy atom. The van der Waals surface area contributed by atoms with E-state index in [0.29, 0.717) is 16.4 Å². The van der Waals surface area contributed by atoms with Crippen LogP contribution in [0.25, 0.3) is 11.0 Å². The molecule has 29 heavy (non-hydrogen) atoms. The highest BCUT2D eigenvalue weighted by Crippen LogP contribution is 2.17. The van der Waals surface area contributed by atoms with Crippen LogP contribution in [-0.2, 0) is 17.9 Å². The number of para-hydroxylation sites is 2. The van der Waals surface area contributed by atoms with E-state index in [1.165, 1.54) is 0 Å². The highest BCUT2D eigenvalue weighted by molar-refractivity contribution is 6.30. The molecule has 0 aliphatic heterocycles. The van der Waals surface area contributed by atoms with Gasteiger partial charge in [-0.25, -0.2) is 4.98 Å². The van der Waals surface area contributed by atoms with Crippen molar-refractivity contribution in [3.63, 3.8) is 0 Å². The lowest BCUT2D eigenvalue weighted by atomic mass is 10.2. The third-order valence-corrected chi connectivity index (χ3v) is 5.07. The Morgan fingerprint density at radius 3 is 2.59 bits per heavy atom. The average molecular weight is 413 g/mol. The zero-order valence-electron chi connectivity index (χ0n) is 16.7. The van der Waals surface area contributed by atoms with Crippen molar-refractivity contribution in [1.82, 2.24) is 19.8 Å². The van der Waals surface area contributed by atoms with Gasteiger partial charge in [0.2, 0.25) is 5.91 Å². The molecule has 3 aromatic rings. The number of nitrogens with zero attached hydrogens (tertiary/aromatic N) is 3. The third-order valence-electron chi connectivity index (χ3n) is 4.81. The van der Waals surface area contributed by atoms with Crippen molar-refractivity contribution in [3.8, 4) is 0 Å². The summed E-state index contributed by atoms with van der Waals surface area (Å²) in [5, 5.41) is 3.46. The van der Waals surface area contributed by atoms with Gasteiger partial charge in [-0.15, -0.1) is 0 Å². The number of amides is 2. The summed E-state index contributed by atoms with van der Waals surface area (Å²) in [7, 11) is 1.82. The van der Waals surface area contributed by atoms with Gasteiger partial charge in [-0.1, -0.05) is 37.1 Å². The molecule has 0 saturated heterocycles.